The molecule has 0 saturated carbocycles. The summed E-state index contributed by atoms with van der Waals surface area (Å²) in [5.74, 6) is 0.626. The molecular formula is C26H46N3O4S+. The molecule has 1 aliphatic rings. The second-order valence-corrected chi connectivity index (χ2v) is 11.2. The number of nitrogens with zero attached hydrogens (tertiary/aromatic N) is 3. The summed E-state index contributed by atoms with van der Waals surface area (Å²) >= 11 is 1.19. The molecule has 7 nitrogen and oxygen atoms in total. The second-order valence-electron chi connectivity index (χ2n) is 10.7. The van der Waals surface area contributed by atoms with E-state index in [1.165, 1.54) is 31.0 Å². The van der Waals surface area contributed by atoms with Gasteiger partial charge in [-0.15, -0.1) is 4.37 Å². The van der Waals surface area contributed by atoms with Crippen molar-refractivity contribution in [3.8, 4) is 5.88 Å². The Kier molecular flexibility index (Phi) is 11.8. The summed E-state index contributed by atoms with van der Waals surface area (Å²) < 4.78 is 26.9. The summed E-state index contributed by atoms with van der Waals surface area (Å²) in [6.07, 6.45) is 11.1. The Labute approximate surface area is 210 Å². The summed E-state index contributed by atoms with van der Waals surface area (Å²) in [7, 11) is 2.16. The SMILES string of the molecule is CCCCCCOC(=O)OC(C(C)(C)C)[N+]1(C)CCC=C(c2nsnc2OCCCCCC)C1. The largest absolute Gasteiger partial charge is 0.512 e. The fourth-order valence-corrected chi connectivity index (χ4v) is 5.19. The number of rotatable bonds is 14. The molecule has 2 unspecified atom stereocenters. The van der Waals surface area contributed by atoms with Crippen LogP contribution in [0.15, 0.2) is 6.08 Å². The molecule has 0 saturated heterocycles. The number of quaternary nitrogens is 1. The molecule has 2 rings (SSSR count). The van der Waals surface area contributed by atoms with E-state index in [-0.39, 0.29) is 11.6 Å². The molecule has 0 spiro atoms. The first-order valence-electron chi connectivity index (χ1n) is 13.0. The Balaban J connectivity index is 2.04. The van der Waals surface area contributed by atoms with Crippen molar-refractivity contribution in [2.75, 3.05) is 33.4 Å². The van der Waals surface area contributed by atoms with Crippen LogP contribution in [0.4, 0.5) is 4.79 Å². The minimum atomic E-state index is -0.571. The summed E-state index contributed by atoms with van der Waals surface area (Å²) in [6.45, 7) is 13.4. The predicted molar refractivity (Wildman–Crippen MR) is 138 cm³/mol. The maximum atomic E-state index is 12.6. The molecule has 0 bridgehead atoms. The molecule has 1 aromatic rings. The first-order valence-corrected chi connectivity index (χ1v) is 13.8. The highest BCUT2D eigenvalue weighted by atomic mass is 32.1. The number of hydrogen-bond donors (Lipinski definition) is 0. The summed E-state index contributed by atoms with van der Waals surface area (Å²) in [5.41, 5.74) is 1.68. The van der Waals surface area contributed by atoms with Crippen LogP contribution in [-0.4, -0.2) is 59.0 Å². The van der Waals surface area contributed by atoms with Gasteiger partial charge in [-0.05, 0) is 12.8 Å². The van der Waals surface area contributed by atoms with E-state index in [1.807, 2.05) is 0 Å². The van der Waals surface area contributed by atoms with Crippen LogP contribution in [0, 0.1) is 5.41 Å². The van der Waals surface area contributed by atoms with E-state index in [1.54, 1.807) is 0 Å². The van der Waals surface area contributed by atoms with E-state index in [9.17, 15) is 4.79 Å². The third-order valence-corrected chi connectivity index (χ3v) is 6.81. The standard InChI is InChI=1S/C26H46N3O4S/c1-7-9-11-13-18-31-23-22(27-34-28-23)21-16-15-17-29(6,20-21)24(26(3,4)5)33-25(30)32-19-14-12-10-8-2/h16,24H,7-15,17-20H2,1-6H3/q+1. The van der Waals surface area contributed by atoms with Crippen LogP contribution < -0.4 is 4.74 Å². The molecule has 0 aliphatic carbocycles. The molecule has 1 aromatic heterocycles. The van der Waals surface area contributed by atoms with Crippen LogP contribution >= 0.6 is 11.7 Å². The average Bonchev–Trinajstić information content (AvgIpc) is 3.25. The smallest absolute Gasteiger partial charge is 0.475 e. The molecule has 2 heterocycles. The summed E-state index contributed by atoms with van der Waals surface area (Å²) in [5, 5.41) is 0. The number of carbonyl (C=O) groups excluding carboxylic acids is 1. The van der Waals surface area contributed by atoms with Crippen molar-refractivity contribution < 1.29 is 23.5 Å². The normalized spacial score (nSPS) is 19.4. The third kappa shape index (κ3) is 8.84. The van der Waals surface area contributed by atoms with Crippen molar-refractivity contribution in [1.29, 1.82) is 0 Å². The zero-order valence-corrected chi connectivity index (χ0v) is 23.0. The van der Waals surface area contributed by atoms with Crippen molar-refractivity contribution in [3.63, 3.8) is 0 Å². The van der Waals surface area contributed by atoms with Crippen molar-refractivity contribution in [1.82, 2.24) is 8.75 Å². The predicted octanol–water partition coefficient (Wildman–Crippen LogP) is 6.84. The number of aromatic nitrogens is 2. The minimum Gasteiger partial charge on any atom is -0.475 e. The van der Waals surface area contributed by atoms with Gasteiger partial charge in [0.1, 0.15) is 12.2 Å². The van der Waals surface area contributed by atoms with Gasteiger partial charge in [-0.2, -0.15) is 4.37 Å². The van der Waals surface area contributed by atoms with Gasteiger partial charge in [0.15, 0.2) is 0 Å². The number of unbranched alkanes of at least 4 members (excludes halogenated alkanes) is 6. The zero-order chi connectivity index (χ0) is 25.0. The fraction of sp³-hybridized carbons (Fsp3) is 0.808. The quantitative estimate of drug-likeness (QED) is 0.160. The first-order chi connectivity index (χ1) is 16.2. The lowest BCUT2D eigenvalue weighted by Gasteiger charge is -2.47. The van der Waals surface area contributed by atoms with Crippen LogP contribution in [0.3, 0.4) is 0 Å². The lowest BCUT2D eigenvalue weighted by molar-refractivity contribution is -0.954. The van der Waals surface area contributed by atoms with Gasteiger partial charge in [-0.1, -0.05) is 79.2 Å². The molecular weight excluding hydrogens is 450 g/mol. The molecule has 2 atom stereocenters. The van der Waals surface area contributed by atoms with Gasteiger partial charge in [0.2, 0.25) is 6.23 Å². The topological polar surface area (TPSA) is 70.5 Å². The Morgan fingerprint density at radius 1 is 1.06 bits per heavy atom. The van der Waals surface area contributed by atoms with E-state index in [4.69, 9.17) is 14.2 Å². The monoisotopic (exact) mass is 496 g/mol. The van der Waals surface area contributed by atoms with Crippen molar-refractivity contribution in [2.24, 2.45) is 5.41 Å². The molecule has 194 valence electrons. The molecule has 0 aromatic carbocycles. The Hall–Kier alpha value is -1.67. The van der Waals surface area contributed by atoms with Crippen LogP contribution in [0.5, 0.6) is 5.88 Å². The second kappa shape index (κ2) is 14.0. The number of ether oxygens (including phenoxy) is 3. The van der Waals surface area contributed by atoms with E-state index < -0.39 is 6.16 Å². The van der Waals surface area contributed by atoms with Crippen molar-refractivity contribution >= 4 is 23.5 Å². The highest BCUT2D eigenvalue weighted by Crippen LogP contribution is 2.37. The van der Waals surface area contributed by atoms with Gasteiger partial charge in [0.05, 0.1) is 43.9 Å². The van der Waals surface area contributed by atoms with Gasteiger partial charge < -0.3 is 14.2 Å². The van der Waals surface area contributed by atoms with Crippen molar-refractivity contribution in [3.05, 3.63) is 11.8 Å². The highest BCUT2D eigenvalue weighted by Gasteiger charge is 2.46. The number of carbonyl (C=O) groups is 1. The molecule has 1 aliphatic heterocycles. The maximum absolute atomic E-state index is 12.6. The van der Waals surface area contributed by atoms with E-state index >= 15 is 0 Å². The maximum Gasteiger partial charge on any atom is 0.512 e. The van der Waals surface area contributed by atoms with Crippen LogP contribution in [0.1, 0.15) is 98.1 Å². The third-order valence-electron chi connectivity index (χ3n) is 6.29. The van der Waals surface area contributed by atoms with Crippen LogP contribution in [-0.2, 0) is 9.47 Å². The van der Waals surface area contributed by atoms with Gasteiger partial charge in [0.25, 0.3) is 5.88 Å². The Morgan fingerprint density at radius 3 is 2.38 bits per heavy atom. The van der Waals surface area contributed by atoms with Gasteiger partial charge in [-0.25, -0.2) is 4.79 Å². The first kappa shape index (κ1) is 28.6. The Morgan fingerprint density at radius 2 is 1.74 bits per heavy atom. The van der Waals surface area contributed by atoms with Crippen LogP contribution in [0.2, 0.25) is 0 Å². The van der Waals surface area contributed by atoms with E-state index in [0.29, 0.717) is 30.1 Å². The summed E-state index contributed by atoms with van der Waals surface area (Å²) in [6, 6.07) is 0. The van der Waals surface area contributed by atoms with Crippen molar-refractivity contribution in [2.45, 2.75) is 98.6 Å². The van der Waals surface area contributed by atoms with Crippen LogP contribution in [0.25, 0.3) is 5.57 Å². The lowest BCUT2D eigenvalue weighted by Crippen LogP contribution is -2.61. The molecule has 34 heavy (non-hydrogen) atoms. The fourth-order valence-electron chi connectivity index (χ4n) is 4.66. The number of hydrogen-bond acceptors (Lipinski definition) is 7. The Bertz CT molecular complexity index is 774. The molecule has 0 N–H and O–H groups in total. The average molecular weight is 497 g/mol. The molecule has 0 radical (unpaired) electrons. The van der Waals surface area contributed by atoms with Gasteiger partial charge in [0, 0.05) is 12.0 Å². The lowest BCUT2D eigenvalue weighted by atomic mass is 9.90. The highest BCUT2D eigenvalue weighted by molar-refractivity contribution is 6.99. The zero-order valence-electron chi connectivity index (χ0n) is 22.2. The molecule has 8 heteroatoms. The molecule has 0 fully saturated rings. The van der Waals surface area contributed by atoms with E-state index in [0.717, 1.165) is 56.3 Å². The van der Waals surface area contributed by atoms with E-state index in [2.05, 4.69) is 56.5 Å². The molecule has 0 amide bonds. The summed E-state index contributed by atoms with van der Waals surface area (Å²) in [4.78, 5) is 12.6. The van der Waals surface area contributed by atoms with Gasteiger partial charge in [-0.3, -0.25) is 4.48 Å². The van der Waals surface area contributed by atoms with Gasteiger partial charge >= 0.3 is 6.16 Å². The minimum absolute atomic E-state index is 0.253. The number of likely N-dealkylation sites (N-methyl/N-ethyl adjacent to an activating group) is 1.